The van der Waals surface area contributed by atoms with Crippen LogP contribution in [0.5, 0.6) is 0 Å². The average molecular weight is 931 g/mol. The summed E-state index contributed by atoms with van der Waals surface area (Å²) in [5, 5.41) is 23.6. The highest BCUT2D eigenvalue weighted by Crippen LogP contribution is 2.50. The normalized spacial score (nSPS) is 11.2. The Bertz CT molecular complexity index is 4420. The molecule has 11 heteroatoms. The lowest BCUT2D eigenvalue weighted by molar-refractivity contribution is -0.137. The van der Waals surface area contributed by atoms with Gasteiger partial charge < -0.3 is 9.13 Å². The van der Waals surface area contributed by atoms with Crippen molar-refractivity contribution < 1.29 is 13.2 Å². The van der Waals surface area contributed by atoms with Gasteiger partial charge in [-0.25, -0.2) is 19.4 Å². The quantitative estimate of drug-likeness (QED) is 0.156. The molecule has 0 spiro atoms. The maximum absolute atomic E-state index is 14.3. The molecule has 0 aliphatic rings. The van der Waals surface area contributed by atoms with Gasteiger partial charge in [0.05, 0.1) is 77.3 Å². The SMILES string of the molecule is [C-]#[N+]c1ccc(-c2ccc3c(c2)c2ccccc2n3-c2cccc(-c3ccc(C(F)(F)F)cc3C#N)c2-c2c([N+]#[C-])cccc2-n2c3ccccc3c3cc(-c4ccc(C#N)cc4[N+]#[C-])ccc32)c([N+]#[C-])c1. The third-order valence-electron chi connectivity index (χ3n) is 13.1. The van der Waals surface area contributed by atoms with E-state index in [9.17, 15) is 23.7 Å². The van der Waals surface area contributed by atoms with Gasteiger partial charge >= 0.3 is 6.18 Å². The molecular formula is C61H29F3N8. The van der Waals surface area contributed by atoms with E-state index in [2.05, 4.69) is 34.6 Å². The van der Waals surface area contributed by atoms with E-state index < -0.39 is 11.7 Å². The zero-order valence-corrected chi connectivity index (χ0v) is 37.5. The monoisotopic (exact) mass is 930 g/mol. The van der Waals surface area contributed by atoms with E-state index in [-0.39, 0.29) is 16.8 Å². The van der Waals surface area contributed by atoms with Crippen molar-refractivity contribution in [2.75, 3.05) is 0 Å². The molecule has 2 aromatic heterocycles. The third kappa shape index (κ3) is 6.95. The molecular weight excluding hydrogens is 902 g/mol. The Morgan fingerprint density at radius 1 is 0.417 bits per heavy atom. The summed E-state index contributed by atoms with van der Waals surface area (Å²) >= 11 is 0. The highest BCUT2D eigenvalue weighted by Gasteiger charge is 2.32. The van der Waals surface area contributed by atoms with Crippen molar-refractivity contribution in [3.8, 4) is 68.0 Å². The second-order valence-corrected chi connectivity index (χ2v) is 16.9. The van der Waals surface area contributed by atoms with Crippen LogP contribution in [0, 0.1) is 49.0 Å². The van der Waals surface area contributed by atoms with Crippen molar-refractivity contribution in [2.45, 2.75) is 6.18 Å². The molecule has 0 saturated heterocycles. The van der Waals surface area contributed by atoms with Gasteiger partial charge in [0, 0.05) is 49.5 Å². The number of hydrogen-bond donors (Lipinski definition) is 0. The number of aromatic nitrogens is 2. The number of nitriles is 2. The van der Waals surface area contributed by atoms with Crippen LogP contribution in [0.4, 0.5) is 35.9 Å². The van der Waals surface area contributed by atoms with E-state index in [1.54, 1.807) is 60.7 Å². The molecule has 8 nitrogen and oxygen atoms in total. The van der Waals surface area contributed by atoms with Crippen LogP contribution >= 0.6 is 0 Å². The van der Waals surface area contributed by atoms with Crippen LogP contribution in [-0.4, -0.2) is 9.13 Å². The summed E-state index contributed by atoms with van der Waals surface area (Å²) in [4.78, 5) is 15.1. The minimum atomic E-state index is -4.72. The van der Waals surface area contributed by atoms with Crippen LogP contribution in [-0.2, 0) is 6.18 Å². The van der Waals surface area contributed by atoms with Crippen LogP contribution in [0.25, 0.3) is 119 Å². The smallest absolute Gasteiger partial charge is 0.310 e. The van der Waals surface area contributed by atoms with Gasteiger partial charge in [0.2, 0.25) is 0 Å². The Morgan fingerprint density at radius 3 is 1.53 bits per heavy atom. The van der Waals surface area contributed by atoms with Gasteiger partial charge in [0.25, 0.3) is 0 Å². The van der Waals surface area contributed by atoms with Crippen LogP contribution in [0.15, 0.2) is 176 Å². The molecule has 0 atom stereocenters. The number of fused-ring (bicyclic) bond motifs is 6. The van der Waals surface area contributed by atoms with E-state index in [1.165, 1.54) is 6.07 Å². The molecule has 11 aromatic rings. The maximum Gasteiger partial charge on any atom is 0.416 e. The summed E-state index contributed by atoms with van der Waals surface area (Å²) in [6, 6.07) is 55.6. The van der Waals surface area contributed by atoms with Crippen molar-refractivity contribution >= 4 is 66.4 Å². The number of benzene rings is 9. The van der Waals surface area contributed by atoms with Gasteiger partial charge in [-0.05, 0) is 101 Å². The summed E-state index contributed by atoms with van der Waals surface area (Å²) in [6.07, 6.45) is -4.72. The van der Waals surface area contributed by atoms with Gasteiger partial charge in [0.15, 0.2) is 22.7 Å². The van der Waals surface area contributed by atoms with Gasteiger partial charge in [-0.1, -0.05) is 103 Å². The first kappa shape index (κ1) is 43.9. The average Bonchev–Trinajstić information content (AvgIpc) is 3.93. The molecule has 0 fully saturated rings. The predicted molar refractivity (Wildman–Crippen MR) is 276 cm³/mol. The van der Waals surface area contributed by atoms with E-state index in [0.717, 1.165) is 66.9 Å². The molecule has 9 aromatic carbocycles. The first-order valence-electron chi connectivity index (χ1n) is 22.2. The van der Waals surface area contributed by atoms with E-state index in [4.69, 9.17) is 26.3 Å². The van der Waals surface area contributed by atoms with Crippen molar-refractivity contribution in [3.05, 3.63) is 238 Å². The summed E-state index contributed by atoms with van der Waals surface area (Å²) in [7, 11) is 0. The lowest BCUT2D eigenvalue weighted by Gasteiger charge is -2.23. The molecule has 0 radical (unpaired) electrons. The lowest BCUT2D eigenvalue weighted by Crippen LogP contribution is -2.06. The fourth-order valence-electron chi connectivity index (χ4n) is 9.99. The van der Waals surface area contributed by atoms with Crippen molar-refractivity contribution in [1.29, 1.82) is 10.5 Å². The molecule has 0 aliphatic carbocycles. The summed E-state index contributed by atoms with van der Waals surface area (Å²) in [5.41, 5.74) is 9.10. The molecule has 2 heterocycles. The first-order valence-corrected chi connectivity index (χ1v) is 22.2. The van der Waals surface area contributed by atoms with Crippen LogP contribution in [0.1, 0.15) is 16.7 Å². The third-order valence-corrected chi connectivity index (χ3v) is 13.1. The Labute approximate surface area is 410 Å². The fourth-order valence-corrected chi connectivity index (χ4v) is 9.99. The van der Waals surface area contributed by atoms with Crippen molar-refractivity contribution in [3.63, 3.8) is 0 Å². The van der Waals surface area contributed by atoms with Gasteiger partial charge in [-0.2, -0.15) is 23.7 Å². The second kappa shape index (κ2) is 17.1. The summed E-state index contributed by atoms with van der Waals surface area (Å²) in [6.45, 7) is 32.1. The van der Waals surface area contributed by atoms with Crippen LogP contribution in [0.3, 0.4) is 0 Å². The molecule has 11 rings (SSSR count). The molecule has 0 saturated carbocycles. The zero-order valence-electron chi connectivity index (χ0n) is 37.5. The molecule has 0 N–H and O–H groups in total. The standard InChI is InChI=1S/C61H29F3N8/c1-67-41-23-26-44(52(33-41)70-4)38-21-27-55-48(32-38)45-11-5-7-15-53(45)71(55)57-17-9-13-47(42-25-22-40(61(62,63)64)30-39(42)35-66)59(57)60-50(68-2)14-10-18-58(60)72-54-16-8-6-12-46(54)49-31-37(20-28-56(49)72)43-24-19-36(34-65)29-51(43)69-3/h5-33H. The molecule has 0 unspecified atom stereocenters. The van der Waals surface area contributed by atoms with Crippen molar-refractivity contribution in [2.24, 2.45) is 0 Å². The Kier molecular flexibility index (Phi) is 10.4. The number of alkyl halides is 3. The second-order valence-electron chi connectivity index (χ2n) is 16.9. The maximum atomic E-state index is 14.3. The Hall–Kier alpha value is -10.7. The minimum Gasteiger partial charge on any atom is -0.310 e. The number of nitrogens with zero attached hydrogens (tertiary/aromatic N) is 8. The molecule has 334 valence electrons. The summed E-state index contributed by atoms with van der Waals surface area (Å²) < 4.78 is 47.0. The lowest BCUT2D eigenvalue weighted by atomic mass is 9.88. The number of halogens is 3. The van der Waals surface area contributed by atoms with Gasteiger partial charge in [-0.15, -0.1) is 0 Å². The van der Waals surface area contributed by atoms with Gasteiger partial charge in [0.1, 0.15) is 0 Å². The van der Waals surface area contributed by atoms with Crippen LogP contribution < -0.4 is 0 Å². The molecule has 72 heavy (non-hydrogen) atoms. The number of para-hydroxylation sites is 2. The summed E-state index contributed by atoms with van der Waals surface area (Å²) in [5.74, 6) is 0. The van der Waals surface area contributed by atoms with Crippen molar-refractivity contribution in [1.82, 2.24) is 9.13 Å². The highest BCUT2D eigenvalue weighted by molar-refractivity contribution is 6.14. The first-order chi connectivity index (χ1) is 35.1. The van der Waals surface area contributed by atoms with E-state index >= 15 is 0 Å². The largest absolute Gasteiger partial charge is 0.416 e. The van der Waals surface area contributed by atoms with Gasteiger partial charge in [-0.3, -0.25) is 0 Å². The van der Waals surface area contributed by atoms with E-state index in [1.807, 2.05) is 103 Å². The molecule has 0 amide bonds. The topological polar surface area (TPSA) is 74.9 Å². The van der Waals surface area contributed by atoms with Crippen LogP contribution in [0.2, 0.25) is 0 Å². The fraction of sp³-hybridized carbons (Fsp3) is 0.0164. The zero-order chi connectivity index (χ0) is 49.8. The molecule has 0 aliphatic heterocycles. The minimum absolute atomic E-state index is 0.206. The Morgan fingerprint density at radius 2 is 0.958 bits per heavy atom. The number of hydrogen-bond acceptors (Lipinski definition) is 2. The highest BCUT2D eigenvalue weighted by atomic mass is 19.4. The number of rotatable bonds is 6. The van der Waals surface area contributed by atoms with E-state index in [0.29, 0.717) is 61.8 Å². The predicted octanol–water partition coefficient (Wildman–Crippen LogP) is 17.5. The molecule has 0 bridgehead atoms. The Balaban J connectivity index is 1.25.